The van der Waals surface area contributed by atoms with E-state index in [4.69, 9.17) is 4.74 Å². The minimum absolute atomic E-state index is 0.153. The third-order valence-corrected chi connectivity index (χ3v) is 4.78. The highest BCUT2D eigenvalue weighted by Gasteiger charge is 2.46. The molecule has 3 rings (SSSR count). The zero-order valence-electron chi connectivity index (χ0n) is 13.1. The van der Waals surface area contributed by atoms with Crippen LogP contribution in [0.1, 0.15) is 33.6 Å². The molecule has 1 saturated carbocycles. The molecule has 0 saturated heterocycles. The molecule has 2 heterocycles. The van der Waals surface area contributed by atoms with Crippen LogP contribution in [0.25, 0.3) is 11.2 Å². The van der Waals surface area contributed by atoms with Crippen molar-refractivity contribution in [3.63, 3.8) is 0 Å². The number of hydrogen-bond donors (Lipinski definition) is 1. The van der Waals surface area contributed by atoms with E-state index in [2.05, 4.69) is 41.0 Å². The first-order valence-electron chi connectivity index (χ1n) is 7.57. The summed E-state index contributed by atoms with van der Waals surface area (Å²) >= 11 is 0. The molecule has 0 spiro atoms. The van der Waals surface area contributed by atoms with Crippen molar-refractivity contribution in [1.29, 1.82) is 0 Å². The second-order valence-corrected chi connectivity index (χ2v) is 5.95. The van der Waals surface area contributed by atoms with Gasteiger partial charge in [0.15, 0.2) is 11.5 Å². The zero-order chi connectivity index (χ0) is 15.0. The van der Waals surface area contributed by atoms with Gasteiger partial charge in [-0.05, 0) is 39.5 Å². The molecule has 1 fully saturated rings. The Morgan fingerprint density at radius 3 is 2.81 bits per heavy atom. The van der Waals surface area contributed by atoms with E-state index in [1.165, 1.54) is 12.8 Å². The van der Waals surface area contributed by atoms with Crippen molar-refractivity contribution in [2.75, 3.05) is 12.4 Å². The Labute approximate surface area is 124 Å². The summed E-state index contributed by atoms with van der Waals surface area (Å²) in [6.07, 6.45) is 5.87. The quantitative estimate of drug-likeness (QED) is 0.885. The molecule has 0 bridgehead atoms. The van der Waals surface area contributed by atoms with E-state index in [1.807, 2.05) is 10.9 Å². The van der Waals surface area contributed by atoms with Crippen molar-refractivity contribution in [3.8, 4) is 0 Å². The standard InChI is InChI=1S/C15H23N5O/c1-5-20-9-18-12-13(16-8-17-14(12)20)19-10(2)15(3,21-4)11-6-7-11/h8-11H,5-7H2,1-4H3,(H,16,17,19)/t10-,15+/m0/s1. The molecule has 1 N–H and O–H groups in total. The van der Waals surface area contributed by atoms with Crippen LogP contribution in [0, 0.1) is 5.92 Å². The molecule has 1 aliphatic carbocycles. The second kappa shape index (κ2) is 5.26. The van der Waals surface area contributed by atoms with E-state index in [0.29, 0.717) is 5.92 Å². The number of nitrogens with one attached hydrogen (secondary N) is 1. The molecular weight excluding hydrogens is 266 g/mol. The fourth-order valence-electron chi connectivity index (χ4n) is 2.92. The molecule has 0 aliphatic heterocycles. The Kier molecular flexibility index (Phi) is 3.57. The first-order chi connectivity index (χ1) is 10.1. The Balaban J connectivity index is 1.89. The molecule has 0 aromatic carbocycles. The number of ether oxygens (including phenoxy) is 1. The molecule has 2 aromatic rings. The lowest BCUT2D eigenvalue weighted by molar-refractivity contribution is -0.0246. The van der Waals surface area contributed by atoms with E-state index >= 15 is 0 Å². The largest absolute Gasteiger partial charge is 0.376 e. The number of rotatable bonds is 6. The highest BCUT2D eigenvalue weighted by Crippen LogP contribution is 2.44. The van der Waals surface area contributed by atoms with Gasteiger partial charge >= 0.3 is 0 Å². The first kappa shape index (κ1) is 14.3. The zero-order valence-corrected chi connectivity index (χ0v) is 13.1. The van der Waals surface area contributed by atoms with Gasteiger partial charge in [-0.2, -0.15) is 0 Å². The van der Waals surface area contributed by atoms with Crippen LogP contribution in [0.5, 0.6) is 0 Å². The minimum Gasteiger partial charge on any atom is -0.376 e. The fraction of sp³-hybridized carbons (Fsp3) is 0.667. The SMILES string of the molecule is CCn1cnc2c(N[C@@H](C)[C@@](C)(OC)C3CC3)ncnc21. The van der Waals surface area contributed by atoms with Gasteiger partial charge in [0.05, 0.1) is 18.0 Å². The number of nitrogens with zero attached hydrogens (tertiary/aromatic N) is 4. The second-order valence-electron chi connectivity index (χ2n) is 5.95. The summed E-state index contributed by atoms with van der Waals surface area (Å²) in [6.45, 7) is 7.24. The van der Waals surface area contributed by atoms with E-state index in [0.717, 1.165) is 23.5 Å². The third-order valence-electron chi connectivity index (χ3n) is 4.78. The van der Waals surface area contributed by atoms with Crippen LogP contribution in [-0.2, 0) is 11.3 Å². The molecule has 0 radical (unpaired) electrons. The van der Waals surface area contributed by atoms with E-state index in [-0.39, 0.29) is 11.6 Å². The normalized spacial score (nSPS) is 19.4. The highest BCUT2D eigenvalue weighted by molar-refractivity contribution is 5.82. The van der Waals surface area contributed by atoms with Gasteiger partial charge in [-0.3, -0.25) is 0 Å². The van der Waals surface area contributed by atoms with E-state index in [1.54, 1.807) is 13.4 Å². The van der Waals surface area contributed by atoms with Gasteiger partial charge in [0.25, 0.3) is 0 Å². The predicted molar refractivity (Wildman–Crippen MR) is 82.2 cm³/mol. The fourth-order valence-corrected chi connectivity index (χ4v) is 2.92. The Morgan fingerprint density at radius 1 is 1.43 bits per heavy atom. The average molecular weight is 289 g/mol. The maximum absolute atomic E-state index is 5.80. The molecule has 0 unspecified atom stereocenters. The van der Waals surface area contributed by atoms with Gasteiger partial charge < -0.3 is 14.6 Å². The predicted octanol–water partition coefficient (Wildman–Crippen LogP) is 2.46. The number of aromatic nitrogens is 4. The summed E-state index contributed by atoms with van der Waals surface area (Å²) in [4.78, 5) is 13.1. The molecule has 2 aromatic heterocycles. The minimum atomic E-state index is -0.176. The molecule has 0 amide bonds. The lowest BCUT2D eigenvalue weighted by Crippen LogP contribution is -2.46. The van der Waals surface area contributed by atoms with Crippen LogP contribution in [0.15, 0.2) is 12.7 Å². The Hall–Kier alpha value is -1.69. The van der Waals surface area contributed by atoms with Gasteiger partial charge in [-0.25, -0.2) is 15.0 Å². The summed E-state index contributed by atoms with van der Waals surface area (Å²) in [5.41, 5.74) is 1.51. The number of hydrogen-bond acceptors (Lipinski definition) is 5. The number of fused-ring (bicyclic) bond motifs is 1. The number of aryl methyl sites for hydroxylation is 1. The van der Waals surface area contributed by atoms with Crippen molar-refractivity contribution in [2.45, 2.75) is 51.8 Å². The summed E-state index contributed by atoms with van der Waals surface area (Å²) in [6, 6.07) is 0.153. The van der Waals surface area contributed by atoms with Crippen molar-refractivity contribution in [3.05, 3.63) is 12.7 Å². The maximum atomic E-state index is 5.80. The summed E-state index contributed by atoms with van der Waals surface area (Å²) < 4.78 is 7.82. The molecule has 6 nitrogen and oxygen atoms in total. The van der Waals surface area contributed by atoms with Gasteiger partial charge in [-0.15, -0.1) is 0 Å². The smallest absolute Gasteiger partial charge is 0.165 e. The monoisotopic (exact) mass is 289 g/mol. The lowest BCUT2D eigenvalue weighted by Gasteiger charge is -2.35. The van der Waals surface area contributed by atoms with Crippen LogP contribution >= 0.6 is 0 Å². The van der Waals surface area contributed by atoms with Crippen molar-refractivity contribution < 1.29 is 4.74 Å². The summed E-state index contributed by atoms with van der Waals surface area (Å²) in [5.74, 6) is 1.40. The highest BCUT2D eigenvalue weighted by atomic mass is 16.5. The Morgan fingerprint density at radius 2 is 2.19 bits per heavy atom. The summed E-state index contributed by atoms with van der Waals surface area (Å²) in [7, 11) is 1.79. The van der Waals surface area contributed by atoms with E-state index in [9.17, 15) is 0 Å². The molecule has 21 heavy (non-hydrogen) atoms. The number of anilines is 1. The average Bonchev–Trinajstić information content (AvgIpc) is 3.27. The van der Waals surface area contributed by atoms with Crippen LogP contribution in [0.4, 0.5) is 5.82 Å². The summed E-state index contributed by atoms with van der Waals surface area (Å²) in [5, 5.41) is 3.48. The van der Waals surface area contributed by atoms with E-state index < -0.39 is 0 Å². The maximum Gasteiger partial charge on any atom is 0.165 e. The Bertz CT molecular complexity index is 636. The molecule has 114 valence electrons. The van der Waals surface area contributed by atoms with Crippen LogP contribution in [-0.4, -0.2) is 38.3 Å². The molecule has 1 aliphatic rings. The van der Waals surface area contributed by atoms with Gasteiger partial charge in [0.1, 0.15) is 11.8 Å². The van der Waals surface area contributed by atoms with Gasteiger partial charge in [-0.1, -0.05) is 0 Å². The number of imidazole rings is 1. The lowest BCUT2D eigenvalue weighted by atomic mass is 9.91. The topological polar surface area (TPSA) is 64.9 Å². The molecule has 2 atom stereocenters. The first-order valence-corrected chi connectivity index (χ1v) is 7.57. The van der Waals surface area contributed by atoms with Crippen molar-refractivity contribution in [2.24, 2.45) is 5.92 Å². The van der Waals surface area contributed by atoms with Gasteiger partial charge in [0.2, 0.25) is 0 Å². The van der Waals surface area contributed by atoms with Crippen molar-refractivity contribution in [1.82, 2.24) is 19.5 Å². The van der Waals surface area contributed by atoms with Gasteiger partial charge in [0, 0.05) is 13.7 Å². The van der Waals surface area contributed by atoms with Crippen LogP contribution in [0.3, 0.4) is 0 Å². The van der Waals surface area contributed by atoms with Crippen molar-refractivity contribution >= 4 is 17.0 Å². The third kappa shape index (κ3) is 2.37. The molecular formula is C15H23N5O. The van der Waals surface area contributed by atoms with Crippen LogP contribution < -0.4 is 5.32 Å². The van der Waals surface area contributed by atoms with Crippen LogP contribution in [0.2, 0.25) is 0 Å². The molecule has 6 heteroatoms. The number of methoxy groups -OCH3 is 1.